The molecule has 1 aliphatic heterocycles. The number of ether oxygens (including phenoxy) is 6. The van der Waals surface area contributed by atoms with Gasteiger partial charge in [0.2, 0.25) is 12.4 Å². The van der Waals surface area contributed by atoms with Crippen molar-refractivity contribution in [2.75, 3.05) is 7.11 Å². The van der Waals surface area contributed by atoms with E-state index in [1.807, 2.05) is 0 Å². The van der Waals surface area contributed by atoms with Crippen molar-refractivity contribution in [3.05, 3.63) is 29.8 Å². The van der Waals surface area contributed by atoms with Crippen LogP contribution in [0.3, 0.4) is 0 Å². The van der Waals surface area contributed by atoms with Crippen LogP contribution in [0, 0.1) is 0 Å². The van der Waals surface area contributed by atoms with Crippen molar-refractivity contribution in [3.8, 4) is 5.75 Å². The largest absolute Gasteiger partial charge is 0.467 e. The average molecular weight is 503 g/mol. The van der Waals surface area contributed by atoms with Gasteiger partial charge < -0.3 is 28.4 Å². The highest BCUT2D eigenvalue weighted by Gasteiger charge is 2.55. The fraction of sp³-hybridized carbons (Fsp3) is 0.500. The van der Waals surface area contributed by atoms with E-state index in [1.54, 1.807) is 24.3 Å². The Kier molecular flexibility index (Phi) is 8.81. The molecule has 0 radical (unpaired) electrons. The molecule has 0 bridgehead atoms. The van der Waals surface area contributed by atoms with Crippen molar-refractivity contribution in [2.24, 2.45) is 0 Å². The van der Waals surface area contributed by atoms with Crippen LogP contribution in [0.4, 0.5) is 0 Å². The lowest BCUT2D eigenvalue weighted by molar-refractivity contribution is -0.282. The quantitative estimate of drug-likeness (QED) is 0.308. The molecule has 1 aromatic rings. The van der Waals surface area contributed by atoms with Crippen LogP contribution in [0.25, 0.3) is 0 Å². The van der Waals surface area contributed by atoms with Crippen LogP contribution in [-0.2, 0) is 48.2 Å². The second kappa shape index (κ2) is 11.1. The maximum Gasteiger partial charge on any atom is 0.339 e. The fourth-order valence-corrected chi connectivity index (χ4v) is 3.49. The molecule has 1 fully saturated rings. The van der Waals surface area contributed by atoms with Gasteiger partial charge in [0.15, 0.2) is 18.3 Å². The highest BCUT2D eigenvalue weighted by atomic mass is 79.9. The third-order valence-electron chi connectivity index (χ3n) is 4.19. The highest BCUT2D eigenvalue weighted by Crippen LogP contribution is 2.32. The van der Waals surface area contributed by atoms with Gasteiger partial charge in [0, 0.05) is 31.7 Å². The van der Waals surface area contributed by atoms with E-state index in [-0.39, 0.29) is 0 Å². The molecular weight excluding hydrogens is 480 g/mol. The second-order valence-corrected chi connectivity index (χ2v) is 7.09. The molecule has 0 N–H and O–H groups in total. The fourth-order valence-electron chi connectivity index (χ4n) is 3.03. The summed E-state index contributed by atoms with van der Waals surface area (Å²) in [5, 5.41) is 0.442. The minimum Gasteiger partial charge on any atom is -0.467 e. The summed E-state index contributed by atoms with van der Waals surface area (Å²) in [4.78, 5) is 47.6. The molecule has 0 amide bonds. The first kappa shape index (κ1) is 24.6. The number of esters is 4. The van der Waals surface area contributed by atoms with Crippen LogP contribution >= 0.6 is 15.9 Å². The zero-order valence-electron chi connectivity index (χ0n) is 17.4. The number of hydrogen-bond donors (Lipinski definition) is 0. The number of hydrogen-bond acceptors (Lipinski definition) is 10. The first-order valence-corrected chi connectivity index (χ1v) is 10.4. The van der Waals surface area contributed by atoms with Gasteiger partial charge in [-0.25, -0.2) is 4.79 Å². The summed E-state index contributed by atoms with van der Waals surface area (Å²) in [6, 6.07) is 6.95. The third-order valence-corrected chi connectivity index (χ3v) is 4.80. The van der Waals surface area contributed by atoms with E-state index in [2.05, 4.69) is 15.9 Å². The summed E-state index contributed by atoms with van der Waals surface area (Å²) < 4.78 is 32.2. The van der Waals surface area contributed by atoms with Gasteiger partial charge in [0.25, 0.3) is 0 Å². The van der Waals surface area contributed by atoms with Crippen LogP contribution in [0.5, 0.6) is 5.75 Å². The Hall–Kier alpha value is -2.66. The van der Waals surface area contributed by atoms with Crippen molar-refractivity contribution in [3.63, 3.8) is 0 Å². The number of benzene rings is 1. The summed E-state index contributed by atoms with van der Waals surface area (Å²) in [5.74, 6) is -2.79. The molecule has 1 saturated heterocycles. The van der Waals surface area contributed by atoms with Crippen molar-refractivity contribution >= 4 is 39.8 Å². The Balaban J connectivity index is 2.52. The van der Waals surface area contributed by atoms with Crippen LogP contribution in [0.15, 0.2) is 24.3 Å². The van der Waals surface area contributed by atoms with Crippen molar-refractivity contribution < 1.29 is 47.6 Å². The maximum atomic E-state index is 12.4. The lowest BCUT2D eigenvalue weighted by Gasteiger charge is -2.43. The average Bonchev–Trinajstić information content (AvgIpc) is 2.70. The van der Waals surface area contributed by atoms with E-state index in [9.17, 15) is 19.2 Å². The minimum absolute atomic E-state index is 0.373. The van der Waals surface area contributed by atoms with E-state index in [0.717, 1.165) is 33.4 Å². The molecule has 0 aliphatic carbocycles. The van der Waals surface area contributed by atoms with Gasteiger partial charge in [-0.05, 0) is 6.07 Å². The van der Waals surface area contributed by atoms with Crippen molar-refractivity contribution in [2.45, 2.75) is 56.8 Å². The molecule has 0 aromatic heterocycles. The van der Waals surface area contributed by atoms with Crippen LogP contribution in [0.2, 0.25) is 0 Å². The molecule has 11 heteroatoms. The zero-order valence-corrected chi connectivity index (χ0v) is 18.9. The Morgan fingerprint density at radius 1 is 0.903 bits per heavy atom. The molecule has 0 saturated carbocycles. The van der Waals surface area contributed by atoms with Crippen LogP contribution in [-0.4, -0.2) is 61.7 Å². The molecule has 31 heavy (non-hydrogen) atoms. The molecule has 1 aromatic carbocycles. The molecule has 1 aliphatic rings. The van der Waals surface area contributed by atoms with E-state index >= 15 is 0 Å². The Labute approximate surface area is 187 Å². The predicted octanol–water partition coefficient (Wildman–Crippen LogP) is 1.65. The summed E-state index contributed by atoms with van der Waals surface area (Å²) in [7, 11) is 1.12. The summed E-state index contributed by atoms with van der Waals surface area (Å²) >= 11 is 3.35. The summed E-state index contributed by atoms with van der Waals surface area (Å²) in [6.45, 7) is 3.37. The SMILES string of the molecule is COC(=O)[C@H]1O[C@@H](Oc2ccccc2CBr)[C@H](OC(C)=O)[C@@H](OC(C)=O)[C@@H]1OC(C)=O. The number of alkyl halides is 1. The number of para-hydroxylation sites is 1. The zero-order chi connectivity index (χ0) is 23.1. The topological polar surface area (TPSA) is 124 Å². The number of carbonyl (C=O) groups excluding carboxylic acids is 4. The number of methoxy groups -OCH3 is 1. The van der Waals surface area contributed by atoms with Gasteiger partial charge in [0.05, 0.1) is 7.11 Å². The molecule has 170 valence electrons. The van der Waals surface area contributed by atoms with E-state index < -0.39 is 54.6 Å². The molecule has 1 heterocycles. The molecule has 5 atom stereocenters. The van der Waals surface area contributed by atoms with Crippen molar-refractivity contribution in [1.29, 1.82) is 0 Å². The highest BCUT2D eigenvalue weighted by molar-refractivity contribution is 9.08. The predicted molar refractivity (Wildman–Crippen MR) is 107 cm³/mol. The lowest BCUT2D eigenvalue weighted by atomic mass is 9.97. The van der Waals surface area contributed by atoms with E-state index in [4.69, 9.17) is 28.4 Å². The third kappa shape index (κ3) is 6.41. The van der Waals surface area contributed by atoms with Gasteiger partial charge in [-0.3, -0.25) is 14.4 Å². The second-order valence-electron chi connectivity index (χ2n) is 6.53. The summed E-state index contributed by atoms with van der Waals surface area (Å²) in [5.41, 5.74) is 0.744. The monoisotopic (exact) mass is 502 g/mol. The smallest absolute Gasteiger partial charge is 0.339 e. The maximum absolute atomic E-state index is 12.4. The molecule has 2 rings (SSSR count). The van der Waals surface area contributed by atoms with Gasteiger partial charge >= 0.3 is 23.9 Å². The number of rotatable bonds is 7. The van der Waals surface area contributed by atoms with Crippen LogP contribution in [0.1, 0.15) is 26.3 Å². The molecule has 0 spiro atoms. The van der Waals surface area contributed by atoms with E-state index in [1.165, 1.54) is 0 Å². The molecular formula is C20H23BrO10. The number of carbonyl (C=O) groups is 4. The lowest BCUT2D eigenvalue weighted by Crippen LogP contribution is -2.64. The van der Waals surface area contributed by atoms with Gasteiger partial charge in [-0.2, -0.15) is 0 Å². The molecule has 0 unspecified atom stereocenters. The Bertz CT molecular complexity index is 826. The Morgan fingerprint density at radius 3 is 2.00 bits per heavy atom. The van der Waals surface area contributed by atoms with Gasteiger partial charge in [0.1, 0.15) is 5.75 Å². The normalized spacial score (nSPS) is 25.1. The van der Waals surface area contributed by atoms with Gasteiger partial charge in [-0.15, -0.1) is 0 Å². The van der Waals surface area contributed by atoms with Crippen LogP contribution < -0.4 is 4.74 Å². The van der Waals surface area contributed by atoms with Gasteiger partial charge in [-0.1, -0.05) is 34.1 Å². The summed E-state index contributed by atoms with van der Waals surface area (Å²) in [6.07, 6.45) is -7.08. The first-order valence-electron chi connectivity index (χ1n) is 9.23. The minimum atomic E-state index is -1.51. The van der Waals surface area contributed by atoms with Crippen molar-refractivity contribution in [1.82, 2.24) is 0 Å². The number of halogens is 1. The van der Waals surface area contributed by atoms with E-state index in [0.29, 0.717) is 11.1 Å². The standard InChI is InChI=1S/C20H23BrO10/c1-10(22)27-15-16(28-11(2)23)18(29-12(3)24)20(31-17(15)19(25)26-4)30-14-8-6-5-7-13(14)9-21/h5-8,15-18,20H,9H2,1-4H3/t15-,16-,17-,18+,20+/m0/s1. The first-order chi connectivity index (χ1) is 14.7. The Morgan fingerprint density at radius 2 is 1.45 bits per heavy atom. The molecule has 10 nitrogen and oxygen atoms in total.